The quantitative estimate of drug-likeness (QED) is 0.457. The van der Waals surface area contributed by atoms with Crippen LogP contribution >= 0.6 is 0 Å². The fraction of sp³-hybridized carbons (Fsp3) is 0.286. The summed E-state index contributed by atoms with van der Waals surface area (Å²) in [7, 11) is 0. The molecule has 11 heteroatoms. The van der Waals surface area contributed by atoms with Crippen LogP contribution in [0.3, 0.4) is 0 Å². The lowest BCUT2D eigenvalue weighted by atomic mass is 9.95. The van der Waals surface area contributed by atoms with Gasteiger partial charge in [0.25, 0.3) is 11.6 Å². The van der Waals surface area contributed by atoms with E-state index in [2.05, 4.69) is 15.7 Å². The molecule has 1 aromatic rings. The van der Waals surface area contributed by atoms with Crippen molar-refractivity contribution in [2.75, 3.05) is 6.61 Å². The average Bonchev–Trinajstić information content (AvgIpc) is 2.53. The predicted octanol–water partition coefficient (Wildman–Crippen LogP) is 1.21. The summed E-state index contributed by atoms with van der Waals surface area (Å²) in [5.41, 5.74) is 0.917. The molecule has 0 bridgehead atoms. The van der Waals surface area contributed by atoms with Crippen LogP contribution in [0.5, 0.6) is 0 Å². The summed E-state index contributed by atoms with van der Waals surface area (Å²) in [6.45, 7) is 3.36. The normalized spacial score (nSPS) is 18.3. The van der Waals surface area contributed by atoms with Crippen LogP contribution in [0.2, 0.25) is 0 Å². The molecule has 0 spiro atoms. The minimum absolute atomic E-state index is 0.116. The van der Waals surface area contributed by atoms with Crippen LogP contribution in [0.15, 0.2) is 40.6 Å². The third-order valence-corrected chi connectivity index (χ3v) is 3.39. The number of nitrogens with one attached hydrogen (secondary N) is 2. The number of nitrogens with zero attached hydrogens (tertiary/aromatic N) is 3. The summed E-state index contributed by atoms with van der Waals surface area (Å²) in [5.74, 6) is -0.762. The van der Waals surface area contributed by atoms with Crippen LogP contribution in [0.1, 0.15) is 25.5 Å². The largest absolute Gasteiger partial charge is 0.463 e. The molecule has 0 aromatic heterocycles. The Balaban J connectivity index is 2.47. The fourth-order valence-electron chi connectivity index (χ4n) is 2.36. The van der Waals surface area contributed by atoms with Gasteiger partial charge in [-0.2, -0.15) is 0 Å². The van der Waals surface area contributed by atoms with Crippen molar-refractivity contribution in [3.63, 3.8) is 0 Å². The van der Waals surface area contributed by atoms with Gasteiger partial charge in [-0.25, -0.2) is 14.9 Å². The van der Waals surface area contributed by atoms with Crippen molar-refractivity contribution in [3.8, 4) is 0 Å². The zero-order chi connectivity index (χ0) is 18.6. The number of allylic oxidation sites excluding steroid dienone is 1. The topological polar surface area (TPSA) is 149 Å². The van der Waals surface area contributed by atoms with Crippen LogP contribution in [-0.2, 0) is 9.53 Å². The molecule has 1 aliphatic rings. The summed E-state index contributed by atoms with van der Waals surface area (Å²) < 4.78 is 5.02. The maximum Gasteiger partial charge on any atom is 0.338 e. The first-order chi connectivity index (χ1) is 11.8. The highest BCUT2D eigenvalue weighted by atomic mass is 16.7. The highest BCUT2D eigenvalue weighted by molar-refractivity contribution is 5.96. The molecule has 0 aliphatic carbocycles. The third-order valence-electron chi connectivity index (χ3n) is 3.39. The lowest BCUT2D eigenvalue weighted by Crippen LogP contribution is -2.46. The zero-order valence-corrected chi connectivity index (χ0v) is 13.4. The van der Waals surface area contributed by atoms with Gasteiger partial charge in [0, 0.05) is 17.8 Å². The van der Waals surface area contributed by atoms with Gasteiger partial charge in [0.05, 0.1) is 23.1 Å². The zero-order valence-electron chi connectivity index (χ0n) is 13.4. The van der Waals surface area contributed by atoms with Gasteiger partial charge in [0.15, 0.2) is 5.03 Å². The van der Waals surface area contributed by atoms with Crippen LogP contribution in [0.25, 0.3) is 0 Å². The lowest BCUT2D eigenvalue weighted by Gasteiger charge is -2.29. The Morgan fingerprint density at radius 3 is 2.44 bits per heavy atom. The molecule has 1 heterocycles. The summed E-state index contributed by atoms with van der Waals surface area (Å²) in [5, 5.41) is 29.0. The van der Waals surface area contributed by atoms with E-state index in [-0.39, 0.29) is 23.8 Å². The third kappa shape index (κ3) is 4.07. The van der Waals surface area contributed by atoms with Crippen molar-refractivity contribution in [1.82, 2.24) is 10.6 Å². The molecule has 0 saturated heterocycles. The van der Waals surface area contributed by atoms with Crippen LogP contribution in [0, 0.1) is 20.2 Å². The fourth-order valence-corrected chi connectivity index (χ4v) is 2.36. The Hall–Kier alpha value is -3.50. The van der Waals surface area contributed by atoms with Gasteiger partial charge in [-0.3, -0.25) is 10.1 Å². The van der Waals surface area contributed by atoms with Crippen molar-refractivity contribution < 1.29 is 19.5 Å². The van der Waals surface area contributed by atoms with E-state index in [0.717, 1.165) is 0 Å². The second kappa shape index (κ2) is 7.38. The minimum Gasteiger partial charge on any atom is -0.463 e. The first kappa shape index (κ1) is 17.8. The molecule has 0 fully saturated rings. The first-order valence-electron chi connectivity index (χ1n) is 7.22. The van der Waals surface area contributed by atoms with Gasteiger partial charge in [-0.1, -0.05) is 0 Å². The number of carbonyl (C=O) groups is 1. The molecule has 11 nitrogen and oxygen atoms in total. The molecule has 1 aliphatic heterocycles. The van der Waals surface area contributed by atoms with E-state index in [4.69, 9.17) is 4.74 Å². The molecule has 132 valence electrons. The molecule has 0 radical (unpaired) electrons. The molecule has 0 unspecified atom stereocenters. The van der Waals surface area contributed by atoms with E-state index in [9.17, 15) is 25.0 Å². The Labute approximate surface area is 141 Å². The number of hydrogen-bond donors (Lipinski definition) is 2. The van der Waals surface area contributed by atoms with Gasteiger partial charge < -0.3 is 15.4 Å². The van der Waals surface area contributed by atoms with Crippen LogP contribution in [0.4, 0.5) is 5.69 Å². The molecule has 0 saturated carbocycles. The molecule has 2 rings (SSSR count). The molecular formula is C14H15N5O6. The van der Waals surface area contributed by atoms with Crippen molar-refractivity contribution in [1.29, 1.82) is 0 Å². The van der Waals surface area contributed by atoms with Crippen molar-refractivity contribution in [2.45, 2.75) is 19.9 Å². The second-order valence-corrected chi connectivity index (χ2v) is 5.00. The molecular weight excluding hydrogens is 334 g/mol. The monoisotopic (exact) mass is 349 g/mol. The van der Waals surface area contributed by atoms with Gasteiger partial charge in [-0.05, 0) is 31.5 Å². The number of hydrazone groups is 1. The van der Waals surface area contributed by atoms with Crippen molar-refractivity contribution >= 4 is 17.6 Å². The number of ether oxygens (including phenoxy) is 1. The number of nitro groups is 2. The number of benzene rings is 1. The molecule has 2 N–H and O–H groups in total. The highest BCUT2D eigenvalue weighted by Crippen LogP contribution is 2.28. The predicted molar refractivity (Wildman–Crippen MR) is 85.9 cm³/mol. The first-order valence-corrected chi connectivity index (χ1v) is 7.22. The second-order valence-electron chi connectivity index (χ2n) is 5.00. The molecule has 1 atom stereocenters. The summed E-state index contributed by atoms with van der Waals surface area (Å²) in [6, 6.07) is 4.66. The number of rotatable bonds is 5. The van der Waals surface area contributed by atoms with E-state index in [1.165, 1.54) is 24.3 Å². The number of carbonyl (C=O) groups excluding carboxylic acids is 1. The molecule has 25 heavy (non-hydrogen) atoms. The van der Waals surface area contributed by atoms with Gasteiger partial charge >= 0.3 is 5.97 Å². The molecule has 1 aromatic carbocycles. The van der Waals surface area contributed by atoms with E-state index >= 15 is 0 Å². The van der Waals surface area contributed by atoms with Crippen LogP contribution < -0.4 is 10.6 Å². The molecule has 0 amide bonds. The van der Waals surface area contributed by atoms with E-state index in [1.807, 2.05) is 0 Å². The maximum atomic E-state index is 12.3. The minimum atomic E-state index is -0.884. The average molecular weight is 349 g/mol. The van der Waals surface area contributed by atoms with Gasteiger partial charge in [0.1, 0.15) is 5.10 Å². The number of non-ortho nitro benzene ring substituents is 1. The Kier molecular flexibility index (Phi) is 5.27. The SMILES string of the molecule is CCOC(=O)C1=C(C)N/C(=N/[N+](=O)[O-])N[C@@H]1c1ccc([N+](=O)[O-])cc1. The summed E-state index contributed by atoms with van der Waals surface area (Å²) in [4.78, 5) is 33.1. The maximum absolute atomic E-state index is 12.3. The number of guanidine groups is 1. The van der Waals surface area contributed by atoms with Gasteiger partial charge in [-0.15, -0.1) is 0 Å². The van der Waals surface area contributed by atoms with Gasteiger partial charge in [0.2, 0.25) is 0 Å². The summed E-state index contributed by atoms with van der Waals surface area (Å²) >= 11 is 0. The summed E-state index contributed by atoms with van der Waals surface area (Å²) in [6.07, 6.45) is 0. The Bertz CT molecular complexity index is 770. The number of hydrogen-bond acceptors (Lipinski definition) is 6. The van der Waals surface area contributed by atoms with E-state index in [1.54, 1.807) is 13.8 Å². The smallest absolute Gasteiger partial charge is 0.338 e. The lowest BCUT2D eigenvalue weighted by molar-refractivity contribution is -0.485. The standard InChI is InChI=1S/C14H15N5O6/c1-3-25-13(20)11-8(2)15-14(17-19(23)24)16-12(11)9-4-6-10(7-5-9)18(21)22/h4-7,12H,3H2,1-2H3,(H2,15,16,17)/t12-/m1/s1. The Morgan fingerprint density at radius 1 is 1.28 bits per heavy atom. The van der Waals surface area contributed by atoms with Crippen molar-refractivity contribution in [3.05, 3.63) is 61.3 Å². The Morgan fingerprint density at radius 2 is 1.92 bits per heavy atom. The highest BCUT2D eigenvalue weighted by Gasteiger charge is 2.32. The van der Waals surface area contributed by atoms with Crippen LogP contribution in [-0.4, -0.2) is 28.5 Å². The number of esters is 1. The number of nitro benzene ring substituents is 1. The van der Waals surface area contributed by atoms with E-state index in [0.29, 0.717) is 11.3 Å². The van der Waals surface area contributed by atoms with E-state index < -0.39 is 22.0 Å². The van der Waals surface area contributed by atoms with Crippen molar-refractivity contribution in [2.24, 2.45) is 5.10 Å².